The molecular formula is C17H21N3O. The summed E-state index contributed by atoms with van der Waals surface area (Å²) in [5.41, 5.74) is 6.31. The maximum Gasteiger partial charge on any atom is 0.146 e. The minimum Gasteiger partial charge on any atom is -0.496 e. The molecule has 2 rings (SSSR count). The van der Waals surface area contributed by atoms with E-state index in [9.17, 15) is 0 Å². The summed E-state index contributed by atoms with van der Waals surface area (Å²) >= 11 is 0. The van der Waals surface area contributed by atoms with Crippen molar-refractivity contribution in [1.82, 2.24) is 4.98 Å². The predicted octanol–water partition coefficient (Wildman–Crippen LogP) is 3.97. The second kappa shape index (κ2) is 6.88. The second-order valence-corrected chi connectivity index (χ2v) is 5.19. The average Bonchev–Trinajstić information content (AvgIpc) is 2.49. The van der Waals surface area contributed by atoms with Gasteiger partial charge in [0.15, 0.2) is 0 Å². The Kier molecular flexibility index (Phi) is 4.93. The van der Waals surface area contributed by atoms with Gasteiger partial charge >= 0.3 is 0 Å². The summed E-state index contributed by atoms with van der Waals surface area (Å²) in [6.07, 6.45) is 3.54. The standard InChI is InChI=1S/C17H21N3O/c1-12(2)15-10-14(13(3)9-16(15)21-4)11-19-20-17-7-5-6-8-18-17/h5-12H,1-4H3,(H,18,20)/b19-11+. The van der Waals surface area contributed by atoms with Crippen molar-refractivity contribution in [2.75, 3.05) is 12.5 Å². The first-order valence-corrected chi connectivity index (χ1v) is 7.00. The number of rotatable bonds is 5. The fraction of sp³-hybridized carbons (Fsp3) is 0.294. The number of pyridine rings is 1. The second-order valence-electron chi connectivity index (χ2n) is 5.19. The van der Waals surface area contributed by atoms with E-state index in [0.717, 1.165) is 22.7 Å². The van der Waals surface area contributed by atoms with Crippen LogP contribution in [-0.4, -0.2) is 18.3 Å². The van der Waals surface area contributed by atoms with Crippen LogP contribution in [-0.2, 0) is 0 Å². The third-order valence-corrected chi connectivity index (χ3v) is 3.29. The van der Waals surface area contributed by atoms with Crippen molar-refractivity contribution in [2.45, 2.75) is 26.7 Å². The van der Waals surface area contributed by atoms with Gasteiger partial charge in [0.05, 0.1) is 13.3 Å². The molecule has 0 atom stereocenters. The molecule has 110 valence electrons. The van der Waals surface area contributed by atoms with Gasteiger partial charge in [-0.05, 0) is 53.8 Å². The lowest BCUT2D eigenvalue weighted by atomic mass is 9.97. The summed E-state index contributed by atoms with van der Waals surface area (Å²) in [7, 11) is 1.71. The average molecular weight is 283 g/mol. The molecule has 0 aliphatic carbocycles. The number of benzene rings is 1. The third kappa shape index (κ3) is 3.81. The fourth-order valence-electron chi connectivity index (χ4n) is 2.08. The highest BCUT2D eigenvalue weighted by Crippen LogP contribution is 2.29. The Morgan fingerprint density at radius 2 is 2.10 bits per heavy atom. The number of aromatic nitrogens is 1. The van der Waals surface area contributed by atoms with Crippen molar-refractivity contribution in [3.8, 4) is 5.75 Å². The number of hydrogen-bond donors (Lipinski definition) is 1. The molecule has 2 aromatic rings. The van der Waals surface area contributed by atoms with E-state index >= 15 is 0 Å². The van der Waals surface area contributed by atoms with Gasteiger partial charge in [-0.2, -0.15) is 5.10 Å². The number of aryl methyl sites for hydroxylation is 1. The molecule has 1 heterocycles. The first-order chi connectivity index (χ1) is 10.1. The van der Waals surface area contributed by atoms with Gasteiger partial charge < -0.3 is 4.74 Å². The van der Waals surface area contributed by atoms with Crippen molar-refractivity contribution >= 4 is 12.0 Å². The number of nitrogens with one attached hydrogen (secondary N) is 1. The monoisotopic (exact) mass is 283 g/mol. The van der Waals surface area contributed by atoms with E-state index in [1.165, 1.54) is 5.56 Å². The van der Waals surface area contributed by atoms with E-state index in [0.29, 0.717) is 5.92 Å². The number of methoxy groups -OCH3 is 1. The van der Waals surface area contributed by atoms with Crippen LogP contribution in [0, 0.1) is 6.92 Å². The molecule has 1 aromatic heterocycles. The first kappa shape index (κ1) is 15.0. The van der Waals surface area contributed by atoms with Crippen LogP contribution in [0.3, 0.4) is 0 Å². The van der Waals surface area contributed by atoms with Gasteiger partial charge in [0.2, 0.25) is 0 Å². The van der Waals surface area contributed by atoms with Crippen molar-refractivity contribution in [3.05, 3.63) is 53.2 Å². The molecule has 0 bridgehead atoms. The van der Waals surface area contributed by atoms with Crippen LogP contribution in [0.5, 0.6) is 5.75 Å². The Hall–Kier alpha value is -2.36. The molecule has 0 unspecified atom stereocenters. The van der Waals surface area contributed by atoms with E-state index < -0.39 is 0 Å². The van der Waals surface area contributed by atoms with Crippen molar-refractivity contribution < 1.29 is 4.74 Å². The molecule has 0 amide bonds. The zero-order valence-corrected chi connectivity index (χ0v) is 12.9. The maximum atomic E-state index is 5.45. The Bertz CT molecular complexity index is 621. The Balaban J connectivity index is 2.21. The summed E-state index contributed by atoms with van der Waals surface area (Å²) in [6.45, 7) is 6.36. The third-order valence-electron chi connectivity index (χ3n) is 3.29. The summed E-state index contributed by atoms with van der Waals surface area (Å²) in [4.78, 5) is 4.16. The van der Waals surface area contributed by atoms with E-state index in [2.05, 4.69) is 48.4 Å². The SMILES string of the molecule is COc1cc(C)c(/C=N/Nc2ccccn2)cc1C(C)C. The molecule has 0 spiro atoms. The van der Waals surface area contributed by atoms with Crippen molar-refractivity contribution in [2.24, 2.45) is 5.10 Å². The van der Waals surface area contributed by atoms with Gasteiger partial charge in [-0.25, -0.2) is 4.98 Å². The summed E-state index contributed by atoms with van der Waals surface area (Å²) < 4.78 is 5.45. The predicted molar refractivity (Wildman–Crippen MR) is 87.3 cm³/mol. The summed E-state index contributed by atoms with van der Waals surface area (Å²) in [5.74, 6) is 2.05. The van der Waals surface area contributed by atoms with Gasteiger partial charge in [-0.15, -0.1) is 0 Å². The largest absolute Gasteiger partial charge is 0.496 e. The Morgan fingerprint density at radius 1 is 1.29 bits per heavy atom. The zero-order chi connectivity index (χ0) is 15.2. The molecule has 21 heavy (non-hydrogen) atoms. The van der Waals surface area contributed by atoms with E-state index in [4.69, 9.17) is 4.74 Å². The van der Waals surface area contributed by atoms with Gasteiger partial charge in [-0.3, -0.25) is 5.43 Å². The Morgan fingerprint density at radius 3 is 2.71 bits per heavy atom. The Labute approximate surface area is 125 Å². The molecule has 0 fully saturated rings. The fourth-order valence-corrected chi connectivity index (χ4v) is 2.08. The lowest BCUT2D eigenvalue weighted by Gasteiger charge is -2.14. The minimum atomic E-state index is 0.399. The van der Waals surface area contributed by atoms with Gasteiger partial charge in [0.25, 0.3) is 0 Å². The van der Waals surface area contributed by atoms with E-state index in [1.807, 2.05) is 24.4 Å². The van der Waals surface area contributed by atoms with Crippen LogP contribution < -0.4 is 10.2 Å². The quantitative estimate of drug-likeness (QED) is 0.667. The molecular weight excluding hydrogens is 262 g/mol. The number of ether oxygens (including phenoxy) is 1. The molecule has 0 aliphatic heterocycles. The highest BCUT2D eigenvalue weighted by atomic mass is 16.5. The van der Waals surface area contributed by atoms with Crippen LogP contribution in [0.1, 0.15) is 36.5 Å². The van der Waals surface area contributed by atoms with Gasteiger partial charge in [-0.1, -0.05) is 19.9 Å². The van der Waals surface area contributed by atoms with Crippen LogP contribution in [0.25, 0.3) is 0 Å². The number of hydrogen-bond acceptors (Lipinski definition) is 4. The molecule has 1 aromatic carbocycles. The van der Waals surface area contributed by atoms with Crippen molar-refractivity contribution in [3.63, 3.8) is 0 Å². The van der Waals surface area contributed by atoms with Crippen LogP contribution in [0.4, 0.5) is 5.82 Å². The van der Waals surface area contributed by atoms with E-state index in [-0.39, 0.29) is 0 Å². The molecule has 0 saturated carbocycles. The molecule has 1 N–H and O–H groups in total. The molecule has 4 nitrogen and oxygen atoms in total. The highest BCUT2D eigenvalue weighted by Gasteiger charge is 2.10. The van der Waals surface area contributed by atoms with Crippen LogP contribution in [0.15, 0.2) is 41.6 Å². The summed E-state index contributed by atoms with van der Waals surface area (Å²) in [6, 6.07) is 9.84. The van der Waals surface area contributed by atoms with Crippen LogP contribution in [0.2, 0.25) is 0 Å². The normalized spacial score (nSPS) is 11.1. The molecule has 0 aliphatic rings. The smallest absolute Gasteiger partial charge is 0.146 e. The number of nitrogens with zero attached hydrogens (tertiary/aromatic N) is 2. The highest BCUT2D eigenvalue weighted by molar-refractivity contribution is 5.83. The maximum absolute atomic E-state index is 5.45. The number of hydrazone groups is 1. The lowest BCUT2D eigenvalue weighted by molar-refractivity contribution is 0.407. The lowest BCUT2D eigenvalue weighted by Crippen LogP contribution is -2.00. The van der Waals surface area contributed by atoms with Crippen molar-refractivity contribution in [1.29, 1.82) is 0 Å². The van der Waals surface area contributed by atoms with Crippen LogP contribution >= 0.6 is 0 Å². The zero-order valence-electron chi connectivity index (χ0n) is 12.9. The van der Waals surface area contributed by atoms with E-state index in [1.54, 1.807) is 13.3 Å². The summed E-state index contributed by atoms with van der Waals surface area (Å²) in [5, 5.41) is 4.25. The molecule has 4 heteroatoms. The molecule has 0 radical (unpaired) electrons. The van der Waals surface area contributed by atoms with Gasteiger partial charge in [0, 0.05) is 6.20 Å². The van der Waals surface area contributed by atoms with Gasteiger partial charge in [0.1, 0.15) is 11.6 Å². The number of anilines is 1. The topological polar surface area (TPSA) is 46.5 Å². The first-order valence-electron chi connectivity index (χ1n) is 7.00. The molecule has 0 saturated heterocycles. The minimum absolute atomic E-state index is 0.399.